The topological polar surface area (TPSA) is 111 Å². The first-order chi connectivity index (χ1) is 17.5. The highest BCUT2D eigenvalue weighted by molar-refractivity contribution is 6.31. The van der Waals surface area contributed by atoms with Gasteiger partial charge in [-0.2, -0.15) is 0 Å². The largest absolute Gasteiger partial charge is 0.495 e. The van der Waals surface area contributed by atoms with Crippen molar-refractivity contribution >= 4 is 34.4 Å². The number of pyridine rings is 3. The second kappa shape index (κ2) is 10.8. The number of anilines is 1. The lowest BCUT2D eigenvalue weighted by molar-refractivity contribution is -0.118. The number of amides is 1. The van der Waals surface area contributed by atoms with Crippen LogP contribution in [-0.2, 0) is 17.9 Å². The van der Waals surface area contributed by atoms with Crippen LogP contribution < -0.4 is 25.7 Å². The van der Waals surface area contributed by atoms with Gasteiger partial charge in [0.2, 0.25) is 0 Å². The van der Waals surface area contributed by atoms with E-state index in [1.54, 1.807) is 36.1 Å². The van der Waals surface area contributed by atoms with E-state index < -0.39 is 0 Å². The van der Waals surface area contributed by atoms with Crippen LogP contribution >= 0.6 is 11.6 Å². The Labute approximate surface area is 213 Å². The zero-order valence-corrected chi connectivity index (χ0v) is 20.9. The molecule has 0 aliphatic carbocycles. The van der Waals surface area contributed by atoms with Gasteiger partial charge in [-0.25, -0.2) is 4.98 Å². The molecule has 3 aromatic rings. The molecule has 1 amide bonds. The summed E-state index contributed by atoms with van der Waals surface area (Å²) in [7, 11) is 1.60. The van der Waals surface area contributed by atoms with Crippen molar-refractivity contribution in [1.29, 1.82) is 0 Å². The molecule has 5 rings (SSSR count). The van der Waals surface area contributed by atoms with Crippen LogP contribution in [0.5, 0.6) is 11.5 Å². The van der Waals surface area contributed by atoms with Crippen molar-refractivity contribution in [3.05, 3.63) is 51.5 Å². The Morgan fingerprint density at radius 3 is 3.03 bits per heavy atom. The number of piperidine rings is 1. The van der Waals surface area contributed by atoms with Gasteiger partial charge in [0.25, 0.3) is 11.5 Å². The van der Waals surface area contributed by atoms with Crippen LogP contribution in [0.25, 0.3) is 11.0 Å². The molecule has 0 unspecified atom stereocenters. The summed E-state index contributed by atoms with van der Waals surface area (Å²) < 4.78 is 12.4. The second-order valence-corrected chi connectivity index (χ2v) is 9.55. The summed E-state index contributed by atoms with van der Waals surface area (Å²) in [5, 5.41) is 6.69. The molecule has 1 fully saturated rings. The molecule has 2 aliphatic rings. The average molecular weight is 513 g/mol. The SMILES string of the molecule is COc1cnc2ccc(=O)n(CCN3CCC[C@@H](CNCc4nc5c(cc4Cl)OCC(=O)N5)C3)c2c1. The summed E-state index contributed by atoms with van der Waals surface area (Å²) in [5.74, 6) is 1.79. The van der Waals surface area contributed by atoms with Crippen molar-refractivity contribution in [2.45, 2.75) is 25.9 Å². The number of carbonyl (C=O) groups excluding carboxylic acids is 1. The zero-order valence-electron chi connectivity index (χ0n) is 20.1. The predicted octanol–water partition coefficient (Wildman–Crippen LogP) is 2.29. The van der Waals surface area contributed by atoms with Gasteiger partial charge in [-0.15, -0.1) is 0 Å². The Morgan fingerprint density at radius 1 is 1.28 bits per heavy atom. The van der Waals surface area contributed by atoms with Gasteiger partial charge in [0.05, 0.1) is 35.1 Å². The fourth-order valence-electron chi connectivity index (χ4n) is 4.79. The number of rotatable bonds is 8. The normalized spacial score (nSPS) is 17.9. The summed E-state index contributed by atoms with van der Waals surface area (Å²) in [6, 6.07) is 6.89. The number of hydrogen-bond acceptors (Lipinski definition) is 8. The fraction of sp³-hybridized carbons (Fsp3) is 0.440. The van der Waals surface area contributed by atoms with Gasteiger partial charge < -0.3 is 29.6 Å². The van der Waals surface area contributed by atoms with Gasteiger partial charge in [-0.1, -0.05) is 11.6 Å². The van der Waals surface area contributed by atoms with E-state index in [0.29, 0.717) is 47.0 Å². The Balaban J connectivity index is 1.16. The van der Waals surface area contributed by atoms with Gasteiger partial charge in [0, 0.05) is 44.4 Å². The van der Waals surface area contributed by atoms with Crippen molar-refractivity contribution in [2.24, 2.45) is 5.92 Å². The highest BCUT2D eigenvalue weighted by Crippen LogP contribution is 2.30. The number of nitrogens with one attached hydrogen (secondary N) is 2. The molecule has 3 aromatic heterocycles. The van der Waals surface area contributed by atoms with E-state index in [0.717, 1.165) is 50.1 Å². The Morgan fingerprint density at radius 2 is 2.17 bits per heavy atom. The van der Waals surface area contributed by atoms with Gasteiger partial charge >= 0.3 is 0 Å². The first-order valence-electron chi connectivity index (χ1n) is 12.1. The number of carbonyl (C=O) groups is 1. The summed E-state index contributed by atoms with van der Waals surface area (Å²) in [6.07, 6.45) is 3.90. The number of nitrogens with zero attached hydrogens (tertiary/aromatic N) is 4. The molecule has 0 radical (unpaired) electrons. The van der Waals surface area contributed by atoms with E-state index in [1.165, 1.54) is 0 Å². The smallest absolute Gasteiger partial charge is 0.263 e. The number of ether oxygens (including phenoxy) is 2. The highest BCUT2D eigenvalue weighted by Gasteiger charge is 2.22. The van der Waals surface area contributed by atoms with Crippen molar-refractivity contribution in [2.75, 3.05) is 45.2 Å². The van der Waals surface area contributed by atoms with E-state index >= 15 is 0 Å². The summed E-state index contributed by atoms with van der Waals surface area (Å²) in [5.41, 5.74) is 2.20. The van der Waals surface area contributed by atoms with Crippen LogP contribution in [0, 0.1) is 5.92 Å². The summed E-state index contributed by atoms with van der Waals surface area (Å²) in [4.78, 5) is 35.4. The molecule has 190 valence electrons. The van der Waals surface area contributed by atoms with Crippen molar-refractivity contribution in [3.8, 4) is 11.5 Å². The standard InChI is InChI=1S/C25H29ClN6O4/c1-35-17-9-21-19(28-12-17)4-5-24(34)32(21)8-7-31-6-2-3-16(14-31)11-27-13-20-18(26)10-22-25(29-20)30-23(33)15-36-22/h4-5,9-10,12,16,27H,2-3,6-8,11,13-15H2,1H3,(H,29,30,33)/t16-/m0/s1. The van der Waals surface area contributed by atoms with Crippen LogP contribution in [-0.4, -0.2) is 65.2 Å². The molecule has 5 heterocycles. The third-order valence-electron chi connectivity index (χ3n) is 6.65. The molecule has 0 saturated carbocycles. The Bertz CT molecular complexity index is 1330. The maximum Gasteiger partial charge on any atom is 0.263 e. The summed E-state index contributed by atoms with van der Waals surface area (Å²) >= 11 is 6.37. The molecular weight excluding hydrogens is 484 g/mol. The van der Waals surface area contributed by atoms with Crippen LogP contribution in [0.15, 0.2) is 35.3 Å². The highest BCUT2D eigenvalue weighted by atomic mass is 35.5. The van der Waals surface area contributed by atoms with Crippen molar-refractivity contribution in [1.82, 2.24) is 24.8 Å². The minimum absolute atomic E-state index is 0.0268. The van der Waals surface area contributed by atoms with Gasteiger partial charge in [0.1, 0.15) is 5.75 Å². The fourth-order valence-corrected chi connectivity index (χ4v) is 5.00. The average Bonchev–Trinajstić information content (AvgIpc) is 2.88. The summed E-state index contributed by atoms with van der Waals surface area (Å²) in [6.45, 7) is 4.63. The van der Waals surface area contributed by atoms with E-state index in [9.17, 15) is 9.59 Å². The van der Waals surface area contributed by atoms with Crippen LogP contribution in [0.3, 0.4) is 0 Å². The monoisotopic (exact) mass is 512 g/mol. The van der Waals surface area contributed by atoms with Crippen LogP contribution in [0.4, 0.5) is 5.82 Å². The molecule has 1 saturated heterocycles. The minimum atomic E-state index is -0.223. The molecule has 0 aromatic carbocycles. The number of fused-ring (bicyclic) bond motifs is 2. The maximum atomic E-state index is 12.6. The van der Waals surface area contributed by atoms with Crippen molar-refractivity contribution < 1.29 is 14.3 Å². The zero-order chi connectivity index (χ0) is 25.1. The first-order valence-corrected chi connectivity index (χ1v) is 12.5. The van der Waals surface area contributed by atoms with E-state index in [1.807, 2.05) is 6.07 Å². The van der Waals surface area contributed by atoms with Crippen LogP contribution in [0.2, 0.25) is 5.02 Å². The molecule has 0 spiro atoms. The third-order valence-corrected chi connectivity index (χ3v) is 6.97. The molecule has 11 heteroatoms. The molecule has 10 nitrogen and oxygen atoms in total. The van der Waals surface area contributed by atoms with Gasteiger partial charge in [-0.05, 0) is 37.9 Å². The molecule has 1 atom stereocenters. The second-order valence-electron chi connectivity index (χ2n) is 9.14. The number of hydrogen-bond donors (Lipinski definition) is 2. The lowest BCUT2D eigenvalue weighted by Gasteiger charge is -2.33. The van der Waals surface area contributed by atoms with Crippen molar-refractivity contribution in [3.63, 3.8) is 0 Å². The Hall–Kier alpha value is -3.21. The maximum absolute atomic E-state index is 12.6. The molecule has 2 N–H and O–H groups in total. The Kier molecular flexibility index (Phi) is 7.35. The lowest BCUT2D eigenvalue weighted by Crippen LogP contribution is -2.41. The van der Waals surface area contributed by atoms with Gasteiger partial charge in [-0.3, -0.25) is 14.6 Å². The minimum Gasteiger partial charge on any atom is -0.495 e. The molecule has 0 bridgehead atoms. The third kappa shape index (κ3) is 5.45. The number of likely N-dealkylation sites (tertiary alicyclic amines) is 1. The number of aromatic nitrogens is 3. The van der Waals surface area contributed by atoms with Crippen LogP contribution in [0.1, 0.15) is 18.5 Å². The molecule has 36 heavy (non-hydrogen) atoms. The first kappa shape index (κ1) is 24.5. The van der Waals surface area contributed by atoms with E-state index in [2.05, 4.69) is 25.5 Å². The predicted molar refractivity (Wildman–Crippen MR) is 137 cm³/mol. The van der Waals surface area contributed by atoms with Gasteiger partial charge in [0.15, 0.2) is 18.2 Å². The molecular formula is C25H29ClN6O4. The number of halogens is 1. The molecule has 2 aliphatic heterocycles. The van der Waals surface area contributed by atoms with E-state index in [4.69, 9.17) is 21.1 Å². The number of methoxy groups -OCH3 is 1. The lowest BCUT2D eigenvalue weighted by atomic mass is 9.98. The van der Waals surface area contributed by atoms with E-state index in [-0.39, 0.29) is 18.1 Å². The quantitative estimate of drug-likeness (QED) is 0.473.